The Balaban J connectivity index is 1.13. The maximum Gasteiger partial charge on any atom is 0.224 e. The number of fused-ring (bicyclic) bond motifs is 1. The first-order chi connectivity index (χ1) is 18.1. The van der Waals surface area contributed by atoms with Crippen LogP contribution in [0.2, 0.25) is 0 Å². The number of carbonyl (C=O) groups excluding carboxylic acids is 1. The van der Waals surface area contributed by atoms with Crippen molar-refractivity contribution in [2.24, 2.45) is 5.92 Å². The van der Waals surface area contributed by atoms with Crippen LogP contribution in [0.5, 0.6) is 0 Å². The van der Waals surface area contributed by atoms with Crippen LogP contribution in [0.15, 0.2) is 42.7 Å². The highest BCUT2D eigenvalue weighted by Gasteiger charge is 2.25. The molecule has 2 saturated heterocycles. The fourth-order valence-electron chi connectivity index (χ4n) is 6.44. The van der Waals surface area contributed by atoms with Gasteiger partial charge >= 0.3 is 0 Å². The van der Waals surface area contributed by atoms with Crippen molar-refractivity contribution in [2.75, 3.05) is 56.0 Å². The number of anilines is 2. The van der Waals surface area contributed by atoms with Gasteiger partial charge in [0.25, 0.3) is 0 Å². The van der Waals surface area contributed by atoms with Crippen LogP contribution in [0.25, 0.3) is 16.7 Å². The number of piperazine rings is 1. The summed E-state index contributed by atoms with van der Waals surface area (Å²) in [4.78, 5) is 28.2. The van der Waals surface area contributed by atoms with E-state index in [1.807, 2.05) is 17.2 Å². The molecule has 37 heavy (non-hydrogen) atoms. The molecule has 8 heteroatoms. The molecule has 3 aliphatic rings. The lowest BCUT2D eigenvalue weighted by Gasteiger charge is -2.36. The summed E-state index contributed by atoms with van der Waals surface area (Å²) >= 11 is 0. The minimum absolute atomic E-state index is 0.160. The van der Waals surface area contributed by atoms with Crippen molar-refractivity contribution in [3.8, 4) is 5.82 Å². The SMILES string of the molecule is CC(=O)N1CCN(c2cccc3c2ccn3-c2ccnc(NC3CCC(CN4CCCC4)CC3)n2)CC1. The average Bonchev–Trinajstić information content (AvgIpc) is 3.60. The first-order valence-electron chi connectivity index (χ1n) is 14.1. The number of benzene rings is 1. The second-order valence-corrected chi connectivity index (χ2v) is 11.0. The van der Waals surface area contributed by atoms with E-state index >= 15 is 0 Å². The van der Waals surface area contributed by atoms with Crippen molar-refractivity contribution >= 4 is 28.4 Å². The largest absolute Gasteiger partial charge is 0.367 e. The number of nitrogens with zero attached hydrogens (tertiary/aromatic N) is 6. The smallest absolute Gasteiger partial charge is 0.224 e. The van der Waals surface area contributed by atoms with Gasteiger partial charge in [-0.2, -0.15) is 4.98 Å². The van der Waals surface area contributed by atoms with E-state index in [4.69, 9.17) is 4.98 Å². The molecule has 1 aromatic carbocycles. The second-order valence-electron chi connectivity index (χ2n) is 11.0. The Morgan fingerprint density at radius 3 is 2.51 bits per heavy atom. The Morgan fingerprint density at radius 2 is 1.76 bits per heavy atom. The number of likely N-dealkylation sites (tertiary alicyclic amines) is 1. The van der Waals surface area contributed by atoms with Crippen molar-refractivity contribution < 1.29 is 4.79 Å². The normalized spacial score (nSPS) is 23.1. The molecule has 3 fully saturated rings. The van der Waals surface area contributed by atoms with Crippen molar-refractivity contribution in [1.29, 1.82) is 0 Å². The van der Waals surface area contributed by atoms with Crippen LogP contribution < -0.4 is 10.2 Å². The van der Waals surface area contributed by atoms with Gasteiger partial charge in [0, 0.05) is 69.2 Å². The Labute approximate surface area is 219 Å². The molecule has 3 aromatic rings. The number of amides is 1. The van der Waals surface area contributed by atoms with Gasteiger partial charge in [-0.3, -0.25) is 4.79 Å². The van der Waals surface area contributed by atoms with E-state index < -0.39 is 0 Å². The molecule has 0 spiro atoms. The molecular weight excluding hydrogens is 462 g/mol. The lowest BCUT2D eigenvalue weighted by Crippen LogP contribution is -2.48. The van der Waals surface area contributed by atoms with E-state index in [1.165, 1.54) is 69.2 Å². The van der Waals surface area contributed by atoms with Crippen LogP contribution in [0.4, 0.5) is 11.6 Å². The maximum atomic E-state index is 11.7. The zero-order valence-electron chi connectivity index (χ0n) is 22.0. The number of carbonyl (C=O) groups is 1. The molecule has 6 rings (SSSR count). The zero-order chi connectivity index (χ0) is 25.2. The molecule has 1 aliphatic carbocycles. The molecule has 2 aromatic heterocycles. The molecule has 8 nitrogen and oxygen atoms in total. The first kappa shape index (κ1) is 24.2. The van der Waals surface area contributed by atoms with Gasteiger partial charge in [-0.15, -0.1) is 0 Å². The Bertz CT molecular complexity index is 1220. The van der Waals surface area contributed by atoms with Gasteiger partial charge in [0.15, 0.2) is 0 Å². The number of rotatable bonds is 6. The Hall–Kier alpha value is -3.13. The van der Waals surface area contributed by atoms with Crippen molar-refractivity contribution in [1.82, 2.24) is 24.3 Å². The fraction of sp³-hybridized carbons (Fsp3) is 0.552. The molecule has 2 aliphatic heterocycles. The maximum absolute atomic E-state index is 11.7. The number of aromatic nitrogens is 3. The monoisotopic (exact) mass is 501 g/mol. The summed E-state index contributed by atoms with van der Waals surface area (Å²) in [6.07, 6.45) is 11.7. The van der Waals surface area contributed by atoms with E-state index in [1.54, 1.807) is 6.92 Å². The van der Waals surface area contributed by atoms with Crippen molar-refractivity contribution in [3.05, 3.63) is 42.7 Å². The lowest BCUT2D eigenvalue weighted by atomic mass is 9.86. The standard InChI is InChI=1S/C29H39N7O/c1-22(37)34-17-19-35(20-18-34)26-5-4-6-27-25(26)12-16-36(27)28-11-13-30-29(32-28)31-24-9-7-23(8-10-24)21-33-14-2-3-15-33/h4-6,11-13,16,23-24H,2-3,7-10,14-15,17-21H2,1H3,(H,30,31,32). The summed E-state index contributed by atoms with van der Waals surface area (Å²) in [6.45, 7) is 8.78. The van der Waals surface area contributed by atoms with Gasteiger partial charge in [0.1, 0.15) is 5.82 Å². The molecule has 0 unspecified atom stereocenters. The van der Waals surface area contributed by atoms with Gasteiger partial charge in [0.2, 0.25) is 11.9 Å². The van der Waals surface area contributed by atoms with Crippen LogP contribution in [0, 0.1) is 5.92 Å². The van der Waals surface area contributed by atoms with Crippen LogP contribution >= 0.6 is 0 Å². The third-order valence-corrected chi connectivity index (χ3v) is 8.56. The number of nitrogens with one attached hydrogen (secondary N) is 1. The highest BCUT2D eigenvalue weighted by molar-refractivity contribution is 5.94. The minimum atomic E-state index is 0.160. The third kappa shape index (κ3) is 5.30. The number of hydrogen-bond acceptors (Lipinski definition) is 6. The van der Waals surface area contributed by atoms with Crippen LogP contribution in [-0.4, -0.2) is 82.1 Å². The summed E-state index contributed by atoms with van der Waals surface area (Å²) in [5, 5.41) is 4.84. The molecular formula is C29H39N7O. The highest BCUT2D eigenvalue weighted by atomic mass is 16.2. The molecule has 0 atom stereocenters. The van der Waals surface area contributed by atoms with E-state index in [-0.39, 0.29) is 5.91 Å². The molecule has 4 heterocycles. The van der Waals surface area contributed by atoms with E-state index in [0.717, 1.165) is 49.4 Å². The summed E-state index contributed by atoms with van der Waals surface area (Å²) in [7, 11) is 0. The summed E-state index contributed by atoms with van der Waals surface area (Å²) < 4.78 is 2.16. The first-order valence-corrected chi connectivity index (χ1v) is 14.1. The van der Waals surface area contributed by atoms with Gasteiger partial charge < -0.3 is 24.6 Å². The Kier molecular flexibility index (Phi) is 7.00. The average molecular weight is 502 g/mol. The quantitative estimate of drug-likeness (QED) is 0.547. The minimum Gasteiger partial charge on any atom is -0.367 e. The van der Waals surface area contributed by atoms with Crippen molar-refractivity contribution in [2.45, 2.75) is 51.5 Å². The third-order valence-electron chi connectivity index (χ3n) is 8.56. The molecule has 1 saturated carbocycles. The summed E-state index contributed by atoms with van der Waals surface area (Å²) in [5.74, 6) is 2.61. The highest BCUT2D eigenvalue weighted by Crippen LogP contribution is 2.31. The van der Waals surface area contributed by atoms with E-state index in [2.05, 4.69) is 55.1 Å². The molecule has 0 bridgehead atoms. The fourth-order valence-corrected chi connectivity index (χ4v) is 6.44. The van der Waals surface area contributed by atoms with Crippen LogP contribution in [0.1, 0.15) is 45.4 Å². The number of hydrogen-bond donors (Lipinski definition) is 1. The van der Waals surface area contributed by atoms with Crippen LogP contribution in [0.3, 0.4) is 0 Å². The van der Waals surface area contributed by atoms with Gasteiger partial charge in [-0.1, -0.05) is 6.07 Å². The van der Waals surface area contributed by atoms with Gasteiger partial charge in [0.05, 0.1) is 5.52 Å². The predicted octanol–water partition coefficient (Wildman–Crippen LogP) is 4.16. The molecule has 1 amide bonds. The van der Waals surface area contributed by atoms with E-state index in [9.17, 15) is 4.79 Å². The topological polar surface area (TPSA) is 69.5 Å². The van der Waals surface area contributed by atoms with Gasteiger partial charge in [-0.25, -0.2) is 4.98 Å². The van der Waals surface area contributed by atoms with Crippen LogP contribution in [-0.2, 0) is 4.79 Å². The molecule has 0 radical (unpaired) electrons. The van der Waals surface area contributed by atoms with E-state index in [0.29, 0.717) is 6.04 Å². The Morgan fingerprint density at radius 1 is 0.973 bits per heavy atom. The zero-order valence-corrected chi connectivity index (χ0v) is 22.0. The molecule has 196 valence electrons. The summed E-state index contributed by atoms with van der Waals surface area (Å²) in [5.41, 5.74) is 2.36. The predicted molar refractivity (Wildman–Crippen MR) is 148 cm³/mol. The lowest BCUT2D eigenvalue weighted by molar-refractivity contribution is -0.129. The van der Waals surface area contributed by atoms with Gasteiger partial charge in [-0.05, 0) is 81.8 Å². The summed E-state index contributed by atoms with van der Waals surface area (Å²) in [6, 6.07) is 11.1. The molecule has 1 N–H and O–H groups in total. The second kappa shape index (κ2) is 10.7. The van der Waals surface area contributed by atoms with Crippen molar-refractivity contribution in [3.63, 3.8) is 0 Å².